The van der Waals surface area contributed by atoms with Gasteiger partial charge in [-0.25, -0.2) is 4.79 Å². The molecule has 1 heterocycles. The summed E-state index contributed by atoms with van der Waals surface area (Å²) in [5.41, 5.74) is 4.95. The number of ether oxygens (including phenoxy) is 1. The number of rotatable bonds is 10. The van der Waals surface area contributed by atoms with Crippen LogP contribution in [0.4, 0.5) is 16.4 Å². The third-order valence-corrected chi connectivity index (χ3v) is 10.5. The van der Waals surface area contributed by atoms with Crippen molar-refractivity contribution in [1.29, 1.82) is 0 Å². The van der Waals surface area contributed by atoms with Crippen LogP contribution in [0.1, 0.15) is 69.3 Å². The van der Waals surface area contributed by atoms with E-state index >= 15 is 0 Å². The van der Waals surface area contributed by atoms with Crippen LogP contribution in [0.25, 0.3) is 0 Å². The number of benzene rings is 3. The second kappa shape index (κ2) is 14.9. The third kappa shape index (κ3) is 8.00. The highest BCUT2D eigenvalue weighted by atomic mass is 32.2. The molecule has 232 valence electrons. The van der Waals surface area contributed by atoms with Crippen molar-refractivity contribution >= 4 is 74.5 Å². The Kier molecular flexibility index (Phi) is 10.7. The van der Waals surface area contributed by atoms with Gasteiger partial charge >= 0.3 is 5.97 Å². The normalized spacial score (nSPS) is 14.5. The number of thiophene rings is 1. The fourth-order valence-electron chi connectivity index (χ4n) is 5.41. The fraction of sp³-hybridized carbons (Fsp3) is 0.257. The number of anilines is 3. The molecular weight excluding hydrogens is 623 g/mol. The lowest BCUT2D eigenvalue weighted by Gasteiger charge is -2.22. The Morgan fingerprint density at radius 1 is 0.978 bits per heavy atom. The Morgan fingerprint density at radius 2 is 1.71 bits per heavy atom. The molecule has 0 saturated heterocycles. The van der Waals surface area contributed by atoms with Crippen molar-refractivity contribution in [3.8, 4) is 0 Å². The maximum Gasteiger partial charge on any atom is 0.341 e. The molecule has 0 radical (unpaired) electrons. The average molecular weight is 658 g/mol. The van der Waals surface area contributed by atoms with Gasteiger partial charge in [0.2, 0.25) is 5.91 Å². The lowest BCUT2D eigenvalue weighted by molar-refractivity contribution is -0.115. The predicted molar refractivity (Wildman–Crippen MR) is 188 cm³/mol. The number of Topliss-reactive ketones (excluding diaryl/α,β-unsaturated/α-hetero) is 1. The van der Waals surface area contributed by atoms with Crippen molar-refractivity contribution in [3.63, 3.8) is 0 Å². The highest BCUT2D eigenvalue weighted by molar-refractivity contribution is 8.00. The van der Waals surface area contributed by atoms with E-state index in [-0.39, 0.29) is 16.9 Å². The molecule has 2 unspecified atom stereocenters. The highest BCUT2D eigenvalue weighted by Crippen LogP contribution is 2.43. The van der Waals surface area contributed by atoms with Crippen molar-refractivity contribution in [2.45, 2.75) is 55.6 Å². The number of nitrogens with one attached hydrogen (secondary N) is 3. The number of methoxy groups -OCH3 is 1. The number of ketones is 1. The van der Waals surface area contributed by atoms with Crippen LogP contribution in [0.3, 0.4) is 0 Å². The van der Waals surface area contributed by atoms with Crippen LogP contribution in [-0.4, -0.2) is 35.1 Å². The largest absolute Gasteiger partial charge is 0.465 e. The smallest absolute Gasteiger partial charge is 0.341 e. The summed E-state index contributed by atoms with van der Waals surface area (Å²) in [6.07, 6.45) is 3.13. The van der Waals surface area contributed by atoms with E-state index in [1.165, 1.54) is 42.7 Å². The summed E-state index contributed by atoms with van der Waals surface area (Å²) in [6.45, 7) is 3.50. The maximum atomic E-state index is 13.6. The molecule has 0 aliphatic heterocycles. The first-order valence-corrected chi connectivity index (χ1v) is 16.9. The second-order valence-corrected chi connectivity index (χ2v) is 13.6. The van der Waals surface area contributed by atoms with Crippen molar-refractivity contribution in [2.75, 3.05) is 23.1 Å². The molecule has 45 heavy (non-hydrogen) atoms. The molecule has 1 aliphatic carbocycles. The van der Waals surface area contributed by atoms with Crippen molar-refractivity contribution in [1.82, 2.24) is 0 Å². The number of thiocarbonyl (C=S) groups is 1. The SMILES string of the molecule is CCC(Sc1cccc(NC(=S)Nc2ccc(C(C)=O)cc2)c1)C(=O)Nc1sc2c(c1C(=O)OC)CCC(c1ccccc1)C2. The zero-order chi connectivity index (χ0) is 31.9. The highest BCUT2D eigenvalue weighted by Gasteiger charge is 2.31. The summed E-state index contributed by atoms with van der Waals surface area (Å²) in [5.74, 6) is -0.192. The molecule has 1 aliphatic rings. The molecule has 3 aromatic carbocycles. The molecule has 7 nitrogen and oxygen atoms in total. The van der Waals surface area contributed by atoms with Gasteiger partial charge in [0.1, 0.15) is 5.00 Å². The van der Waals surface area contributed by atoms with E-state index in [9.17, 15) is 14.4 Å². The van der Waals surface area contributed by atoms with Gasteiger partial charge in [-0.1, -0.05) is 43.3 Å². The lowest BCUT2D eigenvalue weighted by Crippen LogP contribution is -2.25. The minimum atomic E-state index is -0.417. The topological polar surface area (TPSA) is 96.5 Å². The van der Waals surface area contributed by atoms with Gasteiger partial charge in [-0.2, -0.15) is 0 Å². The van der Waals surface area contributed by atoms with E-state index in [0.717, 1.165) is 46.0 Å². The molecular formula is C35H35N3O4S3. The third-order valence-electron chi connectivity index (χ3n) is 7.75. The predicted octanol–water partition coefficient (Wildman–Crippen LogP) is 8.33. The molecule has 1 amide bonds. The Balaban J connectivity index is 1.25. The standard InChI is InChI=1S/C35H35N3O4S3/c1-4-29(44-27-12-8-11-26(20-27)37-35(43)36-25-16-13-22(14-17-25)21(2)39)32(40)38-33-31(34(41)42-3)28-18-15-24(19-30(28)45-33)23-9-6-5-7-10-23/h5-14,16-17,20,24,29H,4,15,18-19H2,1-3H3,(H,38,40)(H2,36,37,43). The number of hydrogen-bond donors (Lipinski definition) is 3. The van der Waals surface area contributed by atoms with E-state index in [1.807, 2.05) is 37.3 Å². The number of carbonyl (C=O) groups excluding carboxylic acids is 3. The molecule has 1 aromatic heterocycles. The number of thioether (sulfide) groups is 1. The average Bonchev–Trinajstić information content (AvgIpc) is 3.40. The monoisotopic (exact) mass is 657 g/mol. The number of amides is 1. The Bertz CT molecular complexity index is 1700. The van der Waals surface area contributed by atoms with Crippen molar-refractivity contribution in [3.05, 3.63) is 106 Å². The van der Waals surface area contributed by atoms with Gasteiger partial charge in [0.05, 0.1) is 17.9 Å². The minimum Gasteiger partial charge on any atom is -0.465 e. The molecule has 0 spiro atoms. The van der Waals surface area contributed by atoms with E-state index in [0.29, 0.717) is 33.6 Å². The maximum absolute atomic E-state index is 13.6. The molecule has 4 aromatic rings. The van der Waals surface area contributed by atoms with Gasteiger partial charge < -0.3 is 20.7 Å². The van der Waals surface area contributed by atoms with Crippen LogP contribution in [0.2, 0.25) is 0 Å². The van der Waals surface area contributed by atoms with Crippen LogP contribution in [0, 0.1) is 0 Å². The fourth-order valence-corrected chi connectivity index (χ4v) is 7.98. The molecule has 10 heteroatoms. The summed E-state index contributed by atoms with van der Waals surface area (Å²) >= 11 is 8.44. The first-order chi connectivity index (χ1) is 21.7. The number of fused-ring (bicyclic) bond motifs is 1. The van der Waals surface area contributed by atoms with Crippen LogP contribution in [0.15, 0.2) is 83.8 Å². The van der Waals surface area contributed by atoms with Gasteiger partial charge in [0.15, 0.2) is 10.9 Å². The van der Waals surface area contributed by atoms with Crippen molar-refractivity contribution in [2.24, 2.45) is 0 Å². The van der Waals surface area contributed by atoms with Crippen molar-refractivity contribution < 1.29 is 19.1 Å². The van der Waals surface area contributed by atoms with Gasteiger partial charge in [-0.15, -0.1) is 23.1 Å². The van der Waals surface area contributed by atoms with Crippen LogP contribution in [0.5, 0.6) is 0 Å². The van der Waals surface area contributed by atoms with E-state index < -0.39 is 5.97 Å². The van der Waals surface area contributed by atoms with E-state index in [1.54, 1.807) is 24.3 Å². The zero-order valence-electron chi connectivity index (χ0n) is 25.3. The Hall–Kier alpha value is -3.99. The Morgan fingerprint density at radius 3 is 2.40 bits per heavy atom. The number of carbonyl (C=O) groups is 3. The Labute approximate surface area is 277 Å². The molecule has 0 saturated carbocycles. The molecule has 0 bridgehead atoms. The first kappa shape index (κ1) is 32.4. The van der Waals surface area contributed by atoms with Gasteiger partial charge in [0, 0.05) is 26.7 Å². The first-order valence-electron chi connectivity index (χ1n) is 14.8. The molecule has 3 N–H and O–H groups in total. The molecule has 0 fully saturated rings. The van der Waals surface area contributed by atoms with Crippen LogP contribution >= 0.6 is 35.3 Å². The summed E-state index contributed by atoms with van der Waals surface area (Å²) in [6, 6.07) is 25.3. The second-order valence-electron chi connectivity index (χ2n) is 10.8. The number of esters is 1. The van der Waals surface area contributed by atoms with E-state index in [4.69, 9.17) is 17.0 Å². The molecule has 5 rings (SSSR count). The summed E-state index contributed by atoms with van der Waals surface area (Å²) in [5, 5.41) is 9.99. The quantitative estimate of drug-likeness (QED) is 0.0678. The molecule has 2 atom stereocenters. The summed E-state index contributed by atoms with van der Waals surface area (Å²) < 4.78 is 5.15. The number of hydrogen-bond acceptors (Lipinski definition) is 7. The van der Waals surface area contributed by atoms with Crippen LogP contribution in [-0.2, 0) is 22.4 Å². The lowest BCUT2D eigenvalue weighted by atomic mass is 9.83. The van der Waals surface area contributed by atoms with Gasteiger partial charge in [-0.3, -0.25) is 9.59 Å². The van der Waals surface area contributed by atoms with Gasteiger partial charge in [0.25, 0.3) is 0 Å². The van der Waals surface area contributed by atoms with E-state index in [2.05, 4.69) is 40.2 Å². The summed E-state index contributed by atoms with van der Waals surface area (Å²) in [4.78, 5) is 40.1. The summed E-state index contributed by atoms with van der Waals surface area (Å²) in [7, 11) is 1.38. The van der Waals surface area contributed by atoms with Crippen LogP contribution < -0.4 is 16.0 Å². The zero-order valence-corrected chi connectivity index (χ0v) is 27.8. The minimum absolute atomic E-state index is 0.00558. The van der Waals surface area contributed by atoms with Gasteiger partial charge in [-0.05, 0) is 104 Å².